The summed E-state index contributed by atoms with van der Waals surface area (Å²) in [5.74, 6) is 0.945. The van der Waals surface area contributed by atoms with Gasteiger partial charge < -0.3 is 0 Å². The molecule has 0 saturated heterocycles. The lowest BCUT2D eigenvalue weighted by atomic mass is 10.3. The van der Waals surface area contributed by atoms with Crippen LogP contribution in [0, 0.1) is 13.8 Å². The Morgan fingerprint density at radius 1 is 1.28 bits per heavy atom. The van der Waals surface area contributed by atoms with Gasteiger partial charge in [-0.25, -0.2) is 0 Å². The summed E-state index contributed by atoms with van der Waals surface area (Å²) in [5.41, 5.74) is 1.06. The number of rotatable bonds is 6. The van der Waals surface area contributed by atoms with Crippen LogP contribution in [0.15, 0.2) is 16.6 Å². The van der Waals surface area contributed by atoms with Gasteiger partial charge in [0.05, 0.1) is 5.75 Å². The lowest BCUT2D eigenvalue weighted by Gasteiger charge is -2.12. The van der Waals surface area contributed by atoms with Gasteiger partial charge in [-0.2, -0.15) is 0 Å². The highest BCUT2D eigenvalue weighted by Gasteiger charge is 2.18. The maximum atomic E-state index is 12.1. The molecule has 0 aromatic carbocycles. The quantitative estimate of drug-likeness (QED) is 0.640. The molecule has 3 aromatic heterocycles. The fourth-order valence-electron chi connectivity index (χ4n) is 2.23. The number of thioether (sulfide) groups is 1. The molecule has 0 aliphatic carbocycles. The van der Waals surface area contributed by atoms with Crippen molar-refractivity contribution in [2.45, 2.75) is 38.9 Å². The van der Waals surface area contributed by atoms with Gasteiger partial charge in [-0.1, -0.05) is 23.1 Å². The van der Waals surface area contributed by atoms with Crippen LogP contribution in [0.3, 0.4) is 0 Å². The standard InChI is InChI=1S/C15H18N6OS3/c1-8(2)21-13(11-5-9(3)23-6-11)18-20-15(21)24-7-12(22)16-14-19-17-10(4)25-14/h5-6,8H,7H2,1-4H3,(H,16,19,22). The number of hydrogen-bond donors (Lipinski definition) is 1. The molecule has 1 amide bonds. The minimum absolute atomic E-state index is 0.132. The molecule has 0 unspecified atom stereocenters. The van der Waals surface area contributed by atoms with E-state index in [1.54, 1.807) is 11.3 Å². The number of nitrogens with zero attached hydrogens (tertiary/aromatic N) is 5. The van der Waals surface area contributed by atoms with E-state index in [1.165, 1.54) is 28.0 Å². The Balaban J connectivity index is 1.72. The maximum absolute atomic E-state index is 12.1. The maximum Gasteiger partial charge on any atom is 0.236 e. The molecule has 0 fully saturated rings. The molecular weight excluding hydrogens is 376 g/mol. The first-order valence-electron chi connectivity index (χ1n) is 7.67. The molecule has 3 aromatic rings. The molecular formula is C15H18N6OS3. The molecule has 1 N–H and O–H groups in total. The smallest absolute Gasteiger partial charge is 0.236 e. The van der Waals surface area contributed by atoms with Crippen LogP contribution in [0.4, 0.5) is 5.13 Å². The highest BCUT2D eigenvalue weighted by atomic mass is 32.2. The van der Waals surface area contributed by atoms with E-state index in [-0.39, 0.29) is 17.7 Å². The third-order valence-electron chi connectivity index (χ3n) is 3.27. The van der Waals surface area contributed by atoms with E-state index in [9.17, 15) is 4.79 Å². The van der Waals surface area contributed by atoms with Gasteiger partial charge in [-0.05, 0) is 33.8 Å². The van der Waals surface area contributed by atoms with Gasteiger partial charge >= 0.3 is 0 Å². The van der Waals surface area contributed by atoms with E-state index < -0.39 is 0 Å². The van der Waals surface area contributed by atoms with Gasteiger partial charge in [0.25, 0.3) is 0 Å². The van der Waals surface area contributed by atoms with Crippen molar-refractivity contribution >= 4 is 45.5 Å². The SMILES string of the molecule is Cc1cc(-c2nnc(SCC(=O)Nc3nnc(C)s3)n2C(C)C)cs1. The predicted octanol–water partition coefficient (Wildman–Crippen LogP) is 3.79. The van der Waals surface area contributed by atoms with Crippen molar-refractivity contribution in [3.05, 3.63) is 21.3 Å². The molecule has 10 heteroatoms. The number of aromatic nitrogens is 5. The third kappa shape index (κ3) is 4.25. The average Bonchev–Trinajstić information content (AvgIpc) is 3.25. The fourth-order valence-corrected chi connectivity index (χ4v) is 4.39. The van der Waals surface area contributed by atoms with Crippen molar-refractivity contribution in [2.75, 3.05) is 11.1 Å². The molecule has 0 spiro atoms. The predicted molar refractivity (Wildman–Crippen MR) is 102 cm³/mol. The number of aryl methyl sites for hydroxylation is 2. The van der Waals surface area contributed by atoms with Gasteiger partial charge in [0.2, 0.25) is 11.0 Å². The molecule has 3 heterocycles. The molecule has 0 saturated carbocycles. The minimum Gasteiger partial charge on any atom is -0.300 e. The van der Waals surface area contributed by atoms with Crippen LogP contribution < -0.4 is 5.32 Å². The van der Waals surface area contributed by atoms with Crippen molar-refractivity contribution in [3.63, 3.8) is 0 Å². The summed E-state index contributed by atoms with van der Waals surface area (Å²) in [7, 11) is 0. The van der Waals surface area contributed by atoms with Gasteiger partial charge in [0.15, 0.2) is 11.0 Å². The van der Waals surface area contributed by atoms with Crippen molar-refractivity contribution in [1.82, 2.24) is 25.0 Å². The number of carbonyl (C=O) groups excluding carboxylic acids is 1. The van der Waals surface area contributed by atoms with Gasteiger partial charge in [-0.3, -0.25) is 14.7 Å². The Hall–Kier alpha value is -1.78. The lowest BCUT2D eigenvalue weighted by Crippen LogP contribution is -2.15. The molecule has 0 radical (unpaired) electrons. The second-order valence-electron chi connectivity index (χ2n) is 5.68. The van der Waals surface area contributed by atoms with Crippen LogP contribution in [0.25, 0.3) is 11.4 Å². The third-order valence-corrected chi connectivity index (χ3v) is 5.83. The van der Waals surface area contributed by atoms with Gasteiger partial charge in [0, 0.05) is 21.9 Å². The summed E-state index contributed by atoms with van der Waals surface area (Å²) >= 11 is 4.41. The Morgan fingerprint density at radius 2 is 2.08 bits per heavy atom. The Labute approximate surface area is 157 Å². The first kappa shape index (κ1) is 18.0. The van der Waals surface area contributed by atoms with Crippen molar-refractivity contribution in [1.29, 1.82) is 0 Å². The second-order valence-corrected chi connectivity index (χ2v) is 8.92. The van der Waals surface area contributed by atoms with Crippen LogP contribution in [-0.2, 0) is 4.79 Å². The molecule has 132 valence electrons. The van der Waals surface area contributed by atoms with E-state index in [1.807, 2.05) is 6.92 Å². The molecule has 0 atom stereocenters. The van der Waals surface area contributed by atoms with Crippen LogP contribution in [0.5, 0.6) is 0 Å². The Morgan fingerprint density at radius 3 is 2.68 bits per heavy atom. The van der Waals surface area contributed by atoms with Crippen molar-refractivity contribution in [2.24, 2.45) is 0 Å². The van der Waals surface area contributed by atoms with Gasteiger partial charge in [-0.15, -0.1) is 31.7 Å². The topological polar surface area (TPSA) is 85.6 Å². The minimum atomic E-state index is -0.132. The zero-order chi connectivity index (χ0) is 18.0. The highest BCUT2D eigenvalue weighted by molar-refractivity contribution is 7.99. The highest BCUT2D eigenvalue weighted by Crippen LogP contribution is 2.30. The zero-order valence-electron chi connectivity index (χ0n) is 14.3. The average molecular weight is 395 g/mol. The van der Waals surface area contributed by atoms with Crippen molar-refractivity contribution in [3.8, 4) is 11.4 Å². The number of amides is 1. The Kier molecular flexibility index (Phi) is 5.50. The van der Waals surface area contributed by atoms with E-state index >= 15 is 0 Å². The van der Waals surface area contributed by atoms with Gasteiger partial charge in [0.1, 0.15) is 5.01 Å². The summed E-state index contributed by atoms with van der Waals surface area (Å²) < 4.78 is 2.06. The van der Waals surface area contributed by atoms with Crippen LogP contribution >= 0.6 is 34.4 Å². The molecule has 3 rings (SSSR count). The second kappa shape index (κ2) is 7.63. The molecule has 7 nitrogen and oxygen atoms in total. The van der Waals surface area contributed by atoms with Crippen LogP contribution in [0.1, 0.15) is 29.8 Å². The van der Waals surface area contributed by atoms with E-state index in [0.29, 0.717) is 5.13 Å². The number of anilines is 1. The normalized spacial score (nSPS) is 11.2. The van der Waals surface area contributed by atoms with Crippen LogP contribution in [-0.4, -0.2) is 36.6 Å². The summed E-state index contributed by atoms with van der Waals surface area (Å²) in [6.45, 7) is 8.08. The first-order chi connectivity index (χ1) is 11.9. The van der Waals surface area contributed by atoms with E-state index in [2.05, 4.69) is 62.5 Å². The number of carbonyl (C=O) groups is 1. The summed E-state index contributed by atoms with van der Waals surface area (Å²) in [5, 5.41) is 23.3. The van der Waals surface area contributed by atoms with E-state index in [4.69, 9.17) is 0 Å². The molecule has 0 aliphatic rings. The summed E-state index contributed by atoms with van der Waals surface area (Å²) in [4.78, 5) is 13.3. The summed E-state index contributed by atoms with van der Waals surface area (Å²) in [6, 6.07) is 2.30. The zero-order valence-corrected chi connectivity index (χ0v) is 16.8. The first-order valence-corrected chi connectivity index (χ1v) is 10.4. The lowest BCUT2D eigenvalue weighted by molar-refractivity contribution is -0.113. The van der Waals surface area contributed by atoms with Crippen LogP contribution in [0.2, 0.25) is 0 Å². The number of hydrogen-bond acceptors (Lipinski definition) is 8. The largest absolute Gasteiger partial charge is 0.300 e. The van der Waals surface area contributed by atoms with Crippen molar-refractivity contribution < 1.29 is 4.79 Å². The number of thiophene rings is 1. The number of nitrogens with one attached hydrogen (secondary N) is 1. The summed E-state index contributed by atoms with van der Waals surface area (Å²) in [6.07, 6.45) is 0. The van der Waals surface area contributed by atoms with E-state index in [0.717, 1.165) is 21.6 Å². The molecule has 0 bridgehead atoms. The Bertz CT molecular complexity index is 882. The monoisotopic (exact) mass is 394 g/mol. The molecule has 25 heavy (non-hydrogen) atoms. The fraction of sp³-hybridized carbons (Fsp3) is 0.400. The molecule has 0 aliphatic heterocycles.